The molecule has 8 nitrogen and oxygen atoms in total. The van der Waals surface area contributed by atoms with E-state index in [1.54, 1.807) is 19.2 Å². The number of furan rings is 1. The molecule has 1 amide bonds. The minimum atomic E-state index is -0.279. The van der Waals surface area contributed by atoms with Crippen LogP contribution in [-0.4, -0.2) is 51.9 Å². The number of ether oxygens (including phenoxy) is 2. The van der Waals surface area contributed by atoms with Crippen LogP contribution in [0.25, 0.3) is 0 Å². The molecule has 0 saturated heterocycles. The summed E-state index contributed by atoms with van der Waals surface area (Å²) >= 11 is 0. The first kappa shape index (κ1) is 25.9. The smallest absolute Gasteiger partial charge is 0.291 e. The third-order valence-electron chi connectivity index (χ3n) is 3.88. The maximum atomic E-state index is 12.1. The van der Waals surface area contributed by atoms with Crippen LogP contribution in [-0.2, 0) is 16.0 Å². The monoisotopic (exact) mass is 530 g/mol. The first-order chi connectivity index (χ1) is 14.2. The molecule has 0 aliphatic carbocycles. The fraction of sp³-hybridized carbons (Fsp3) is 0.429. The van der Waals surface area contributed by atoms with Gasteiger partial charge in [0.15, 0.2) is 11.7 Å². The van der Waals surface area contributed by atoms with E-state index in [9.17, 15) is 4.79 Å². The summed E-state index contributed by atoms with van der Waals surface area (Å²) in [6, 6.07) is 10.9. The van der Waals surface area contributed by atoms with Gasteiger partial charge < -0.3 is 29.8 Å². The fourth-order valence-corrected chi connectivity index (χ4v) is 2.49. The summed E-state index contributed by atoms with van der Waals surface area (Å²) in [5.74, 6) is 0.742. The number of anilines is 1. The van der Waals surface area contributed by atoms with Crippen molar-refractivity contribution < 1.29 is 18.7 Å². The molecule has 1 aromatic heterocycles. The SMILES string of the molecule is CCNC(=NCc1cccc(NC(=O)c2ccco2)c1)NCCCOCCOC.I. The Kier molecular flexibility index (Phi) is 13.6. The highest BCUT2D eigenvalue weighted by molar-refractivity contribution is 14.0. The average molecular weight is 530 g/mol. The zero-order chi connectivity index (χ0) is 20.7. The van der Waals surface area contributed by atoms with Crippen LogP contribution >= 0.6 is 24.0 Å². The number of carbonyl (C=O) groups is 1. The fourth-order valence-electron chi connectivity index (χ4n) is 2.49. The van der Waals surface area contributed by atoms with Gasteiger partial charge in [0.2, 0.25) is 0 Å². The molecule has 0 atom stereocenters. The van der Waals surface area contributed by atoms with E-state index in [2.05, 4.69) is 20.9 Å². The highest BCUT2D eigenvalue weighted by Gasteiger charge is 2.08. The number of halogens is 1. The zero-order valence-electron chi connectivity index (χ0n) is 17.5. The summed E-state index contributed by atoms with van der Waals surface area (Å²) in [6.45, 7) is 5.94. The maximum absolute atomic E-state index is 12.1. The van der Waals surface area contributed by atoms with Crippen molar-refractivity contribution in [3.05, 3.63) is 54.0 Å². The number of carbonyl (C=O) groups excluding carboxylic acids is 1. The lowest BCUT2D eigenvalue weighted by Crippen LogP contribution is -2.38. The molecule has 166 valence electrons. The summed E-state index contributed by atoms with van der Waals surface area (Å²) in [7, 11) is 1.66. The lowest BCUT2D eigenvalue weighted by molar-refractivity contribution is 0.0698. The number of guanidine groups is 1. The van der Waals surface area contributed by atoms with Gasteiger partial charge in [0.05, 0.1) is 26.0 Å². The molecular formula is C21H31IN4O4. The second-order valence-corrected chi connectivity index (χ2v) is 6.21. The molecule has 3 N–H and O–H groups in total. The molecule has 9 heteroatoms. The van der Waals surface area contributed by atoms with Crippen molar-refractivity contribution in [2.24, 2.45) is 4.99 Å². The van der Waals surface area contributed by atoms with Gasteiger partial charge >= 0.3 is 0 Å². The van der Waals surface area contributed by atoms with E-state index >= 15 is 0 Å². The van der Waals surface area contributed by atoms with Gasteiger partial charge in [0, 0.05) is 32.5 Å². The molecule has 0 fully saturated rings. The Morgan fingerprint density at radius 1 is 1.13 bits per heavy atom. The molecular weight excluding hydrogens is 499 g/mol. The Morgan fingerprint density at radius 3 is 2.73 bits per heavy atom. The number of nitrogens with one attached hydrogen (secondary N) is 3. The standard InChI is InChI=1S/C21H30N4O4.HI/c1-3-22-21(23-10-6-11-28-14-13-27-2)24-16-17-7-4-8-18(15-17)25-20(26)19-9-5-12-29-19;/h4-5,7-9,12,15H,3,6,10-11,13-14,16H2,1-2H3,(H,25,26)(H2,22,23,24);1H. The van der Waals surface area contributed by atoms with Crippen LogP contribution in [0.3, 0.4) is 0 Å². The predicted octanol–water partition coefficient (Wildman–Crippen LogP) is 3.26. The van der Waals surface area contributed by atoms with E-state index in [0.29, 0.717) is 32.1 Å². The molecule has 0 radical (unpaired) electrons. The van der Waals surface area contributed by atoms with E-state index in [4.69, 9.17) is 13.9 Å². The molecule has 2 rings (SSSR count). The minimum Gasteiger partial charge on any atom is -0.459 e. The Hall–Kier alpha value is -2.11. The van der Waals surface area contributed by atoms with Crippen LogP contribution in [0.2, 0.25) is 0 Å². The van der Waals surface area contributed by atoms with Gasteiger partial charge in [-0.05, 0) is 43.2 Å². The Labute approximate surface area is 194 Å². The van der Waals surface area contributed by atoms with E-state index in [1.807, 2.05) is 31.2 Å². The van der Waals surface area contributed by atoms with Crippen molar-refractivity contribution in [3.8, 4) is 0 Å². The van der Waals surface area contributed by atoms with Crippen LogP contribution in [0.5, 0.6) is 0 Å². The lowest BCUT2D eigenvalue weighted by atomic mass is 10.2. The number of hydrogen-bond donors (Lipinski definition) is 3. The molecule has 1 aromatic carbocycles. The molecule has 30 heavy (non-hydrogen) atoms. The van der Waals surface area contributed by atoms with Crippen LogP contribution in [0, 0.1) is 0 Å². The Bertz CT molecular complexity index is 753. The van der Waals surface area contributed by atoms with Crippen molar-refractivity contribution in [1.29, 1.82) is 0 Å². The van der Waals surface area contributed by atoms with E-state index in [1.165, 1.54) is 6.26 Å². The quantitative estimate of drug-likeness (QED) is 0.169. The van der Waals surface area contributed by atoms with Crippen molar-refractivity contribution in [1.82, 2.24) is 10.6 Å². The van der Waals surface area contributed by atoms with Gasteiger partial charge in [-0.25, -0.2) is 4.99 Å². The largest absolute Gasteiger partial charge is 0.459 e. The van der Waals surface area contributed by atoms with Gasteiger partial charge in [0.1, 0.15) is 0 Å². The maximum Gasteiger partial charge on any atom is 0.291 e. The van der Waals surface area contributed by atoms with Crippen molar-refractivity contribution in [2.75, 3.05) is 45.3 Å². The number of nitrogens with zero attached hydrogens (tertiary/aromatic N) is 1. The molecule has 0 spiro atoms. The van der Waals surface area contributed by atoms with Crippen LogP contribution in [0.4, 0.5) is 5.69 Å². The van der Waals surface area contributed by atoms with E-state index in [0.717, 1.165) is 31.0 Å². The number of rotatable bonds is 12. The predicted molar refractivity (Wildman–Crippen MR) is 129 cm³/mol. The summed E-state index contributed by atoms with van der Waals surface area (Å²) in [5.41, 5.74) is 1.69. The van der Waals surface area contributed by atoms with Crippen molar-refractivity contribution in [2.45, 2.75) is 19.9 Å². The van der Waals surface area contributed by atoms with Gasteiger partial charge in [-0.1, -0.05) is 12.1 Å². The topological polar surface area (TPSA) is 97.1 Å². The lowest BCUT2D eigenvalue weighted by Gasteiger charge is -2.12. The van der Waals surface area contributed by atoms with Crippen LogP contribution in [0.1, 0.15) is 29.5 Å². The third kappa shape index (κ3) is 10.1. The Balaban J connectivity index is 0.00000450. The second kappa shape index (κ2) is 15.7. The molecule has 0 bridgehead atoms. The first-order valence-corrected chi connectivity index (χ1v) is 9.75. The molecule has 0 aliphatic heterocycles. The number of amides is 1. The van der Waals surface area contributed by atoms with E-state index in [-0.39, 0.29) is 35.6 Å². The number of benzene rings is 1. The molecule has 0 aliphatic rings. The van der Waals surface area contributed by atoms with Gasteiger partial charge in [0.25, 0.3) is 5.91 Å². The number of hydrogen-bond acceptors (Lipinski definition) is 5. The summed E-state index contributed by atoms with van der Waals surface area (Å²) < 4.78 is 15.5. The molecule has 2 aromatic rings. The molecule has 0 unspecified atom stereocenters. The second-order valence-electron chi connectivity index (χ2n) is 6.21. The van der Waals surface area contributed by atoms with Crippen LogP contribution < -0.4 is 16.0 Å². The zero-order valence-corrected chi connectivity index (χ0v) is 19.8. The van der Waals surface area contributed by atoms with Gasteiger partial charge in [-0.2, -0.15) is 0 Å². The minimum absolute atomic E-state index is 0. The van der Waals surface area contributed by atoms with E-state index < -0.39 is 0 Å². The van der Waals surface area contributed by atoms with Crippen molar-refractivity contribution >= 4 is 41.5 Å². The highest BCUT2D eigenvalue weighted by Crippen LogP contribution is 2.13. The average Bonchev–Trinajstić information content (AvgIpc) is 3.26. The third-order valence-corrected chi connectivity index (χ3v) is 3.88. The first-order valence-electron chi connectivity index (χ1n) is 9.75. The van der Waals surface area contributed by atoms with Gasteiger partial charge in [-0.15, -0.1) is 24.0 Å². The normalized spacial score (nSPS) is 10.9. The summed E-state index contributed by atoms with van der Waals surface area (Å²) in [5, 5.41) is 9.34. The van der Waals surface area contributed by atoms with Crippen molar-refractivity contribution in [3.63, 3.8) is 0 Å². The Morgan fingerprint density at radius 2 is 2.00 bits per heavy atom. The molecule has 1 heterocycles. The molecule has 0 saturated carbocycles. The number of aliphatic imine (C=N–C) groups is 1. The van der Waals surface area contributed by atoms with Gasteiger partial charge in [-0.3, -0.25) is 4.79 Å². The van der Waals surface area contributed by atoms with Crippen LogP contribution in [0.15, 0.2) is 52.1 Å². The summed E-state index contributed by atoms with van der Waals surface area (Å²) in [6.07, 6.45) is 2.35. The highest BCUT2D eigenvalue weighted by atomic mass is 127. The summed E-state index contributed by atoms with van der Waals surface area (Å²) in [4.78, 5) is 16.7. The number of methoxy groups -OCH3 is 1.